The van der Waals surface area contributed by atoms with Crippen molar-refractivity contribution in [3.63, 3.8) is 0 Å². The van der Waals surface area contributed by atoms with E-state index in [0.29, 0.717) is 11.8 Å². The van der Waals surface area contributed by atoms with Crippen LogP contribution >= 0.6 is 0 Å². The first-order valence-electron chi connectivity index (χ1n) is 6.30. The van der Waals surface area contributed by atoms with Crippen molar-refractivity contribution in [2.24, 2.45) is 0 Å². The highest BCUT2D eigenvalue weighted by Gasteiger charge is 2.17. The fraction of sp³-hybridized carbons (Fsp3) is 0.294. The Morgan fingerprint density at radius 1 is 0.706 bits per heavy atom. The van der Waals surface area contributed by atoms with Crippen LogP contribution < -0.4 is 0 Å². The maximum atomic E-state index is 2.32. The van der Waals surface area contributed by atoms with E-state index in [1.165, 1.54) is 16.7 Å². The standard InChI is InChI=1S/C17H20/c1-13-9-7-8-12-17(13)15(3)14(2)16-10-5-4-6-11-16/h4-12,14-15H,1-3H3. The third-order valence-electron chi connectivity index (χ3n) is 3.75. The van der Waals surface area contributed by atoms with Gasteiger partial charge in [0.25, 0.3) is 0 Å². The van der Waals surface area contributed by atoms with Crippen molar-refractivity contribution >= 4 is 0 Å². The molecule has 0 nitrogen and oxygen atoms in total. The van der Waals surface area contributed by atoms with Gasteiger partial charge in [0.1, 0.15) is 0 Å². The average Bonchev–Trinajstić information content (AvgIpc) is 2.39. The summed E-state index contributed by atoms with van der Waals surface area (Å²) in [7, 11) is 0. The predicted octanol–water partition coefficient (Wildman–Crippen LogP) is 4.90. The van der Waals surface area contributed by atoms with Crippen LogP contribution in [0.4, 0.5) is 0 Å². The van der Waals surface area contributed by atoms with Gasteiger partial charge in [-0.15, -0.1) is 0 Å². The van der Waals surface area contributed by atoms with Crippen molar-refractivity contribution in [2.75, 3.05) is 0 Å². The van der Waals surface area contributed by atoms with Crippen LogP contribution in [0.1, 0.15) is 42.4 Å². The monoisotopic (exact) mass is 224 g/mol. The second-order valence-corrected chi connectivity index (χ2v) is 4.84. The Morgan fingerprint density at radius 3 is 1.94 bits per heavy atom. The molecule has 0 amide bonds. The van der Waals surface area contributed by atoms with E-state index < -0.39 is 0 Å². The molecule has 0 N–H and O–H groups in total. The third-order valence-corrected chi connectivity index (χ3v) is 3.75. The Bertz CT molecular complexity index is 470. The van der Waals surface area contributed by atoms with Crippen LogP contribution in [0.2, 0.25) is 0 Å². The predicted molar refractivity (Wildman–Crippen MR) is 74.5 cm³/mol. The summed E-state index contributed by atoms with van der Waals surface area (Å²) in [5.41, 5.74) is 4.27. The highest BCUT2D eigenvalue weighted by atomic mass is 14.2. The van der Waals surface area contributed by atoms with Crippen molar-refractivity contribution < 1.29 is 0 Å². The normalized spacial score (nSPS) is 14.3. The maximum absolute atomic E-state index is 2.32. The summed E-state index contributed by atoms with van der Waals surface area (Å²) in [6, 6.07) is 19.5. The van der Waals surface area contributed by atoms with Gasteiger partial charge in [0.05, 0.1) is 0 Å². The summed E-state index contributed by atoms with van der Waals surface area (Å²) >= 11 is 0. The van der Waals surface area contributed by atoms with E-state index in [4.69, 9.17) is 0 Å². The van der Waals surface area contributed by atoms with Crippen molar-refractivity contribution in [2.45, 2.75) is 32.6 Å². The van der Waals surface area contributed by atoms with Gasteiger partial charge in [-0.3, -0.25) is 0 Å². The molecule has 0 aromatic heterocycles. The van der Waals surface area contributed by atoms with Gasteiger partial charge in [0, 0.05) is 0 Å². The SMILES string of the molecule is Cc1ccccc1C(C)C(C)c1ccccc1. The lowest BCUT2D eigenvalue weighted by molar-refractivity contribution is 0.620. The lowest BCUT2D eigenvalue weighted by Crippen LogP contribution is -2.06. The molecule has 0 radical (unpaired) electrons. The van der Waals surface area contributed by atoms with E-state index in [1.807, 2.05) is 0 Å². The van der Waals surface area contributed by atoms with Gasteiger partial charge in [0.15, 0.2) is 0 Å². The van der Waals surface area contributed by atoms with Crippen LogP contribution in [-0.4, -0.2) is 0 Å². The minimum Gasteiger partial charge on any atom is -0.0622 e. The molecule has 2 aromatic rings. The third kappa shape index (κ3) is 2.58. The van der Waals surface area contributed by atoms with Gasteiger partial charge < -0.3 is 0 Å². The molecular formula is C17H20. The molecule has 0 heteroatoms. The van der Waals surface area contributed by atoms with Gasteiger partial charge in [-0.05, 0) is 35.4 Å². The molecule has 2 rings (SSSR count). The van der Waals surface area contributed by atoms with Gasteiger partial charge in [-0.25, -0.2) is 0 Å². The smallest absolute Gasteiger partial charge is 0.0122 e. The Balaban J connectivity index is 2.27. The minimum absolute atomic E-state index is 0.553. The second-order valence-electron chi connectivity index (χ2n) is 4.84. The summed E-state index contributed by atoms with van der Waals surface area (Å²) in [6.45, 7) is 6.83. The molecular weight excluding hydrogens is 204 g/mol. The zero-order valence-electron chi connectivity index (χ0n) is 10.9. The van der Waals surface area contributed by atoms with Crippen molar-refractivity contribution in [1.82, 2.24) is 0 Å². The van der Waals surface area contributed by atoms with Gasteiger partial charge >= 0.3 is 0 Å². The molecule has 0 aliphatic rings. The molecule has 0 bridgehead atoms. The van der Waals surface area contributed by atoms with Crippen LogP contribution in [0.3, 0.4) is 0 Å². The first-order valence-corrected chi connectivity index (χ1v) is 6.30. The zero-order chi connectivity index (χ0) is 12.3. The number of hydrogen-bond acceptors (Lipinski definition) is 0. The average molecular weight is 224 g/mol. The molecule has 0 saturated carbocycles. The molecule has 0 spiro atoms. The first kappa shape index (κ1) is 11.9. The fourth-order valence-corrected chi connectivity index (χ4v) is 2.41. The minimum atomic E-state index is 0.553. The molecule has 2 unspecified atom stereocenters. The summed E-state index contributed by atoms with van der Waals surface area (Å²) < 4.78 is 0. The number of benzene rings is 2. The molecule has 0 saturated heterocycles. The number of rotatable bonds is 3. The summed E-state index contributed by atoms with van der Waals surface area (Å²) in [5.74, 6) is 1.11. The highest BCUT2D eigenvalue weighted by molar-refractivity contribution is 5.32. The van der Waals surface area contributed by atoms with E-state index in [9.17, 15) is 0 Å². The van der Waals surface area contributed by atoms with Gasteiger partial charge in [0.2, 0.25) is 0 Å². The van der Waals surface area contributed by atoms with Crippen LogP contribution in [0, 0.1) is 6.92 Å². The van der Waals surface area contributed by atoms with E-state index in [0.717, 1.165) is 0 Å². The summed E-state index contributed by atoms with van der Waals surface area (Å²) in [4.78, 5) is 0. The Kier molecular flexibility index (Phi) is 3.63. The van der Waals surface area contributed by atoms with E-state index in [-0.39, 0.29) is 0 Å². The zero-order valence-corrected chi connectivity index (χ0v) is 10.9. The summed E-state index contributed by atoms with van der Waals surface area (Å²) in [6.07, 6.45) is 0. The second kappa shape index (κ2) is 5.18. The summed E-state index contributed by atoms with van der Waals surface area (Å²) in [5, 5.41) is 0. The lowest BCUT2D eigenvalue weighted by Gasteiger charge is -2.22. The molecule has 0 aliphatic heterocycles. The molecule has 0 aliphatic carbocycles. The molecule has 88 valence electrons. The lowest BCUT2D eigenvalue weighted by atomic mass is 9.82. The molecule has 0 heterocycles. The van der Waals surface area contributed by atoms with Crippen LogP contribution in [-0.2, 0) is 0 Å². The van der Waals surface area contributed by atoms with E-state index >= 15 is 0 Å². The Morgan fingerprint density at radius 2 is 1.29 bits per heavy atom. The van der Waals surface area contributed by atoms with E-state index in [2.05, 4.69) is 75.4 Å². The van der Waals surface area contributed by atoms with Gasteiger partial charge in [-0.1, -0.05) is 68.4 Å². The van der Waals surface area contributed by atoms with Crippen molar-refractivity contribution in [3.05, 3.63) is 71.3 Å². The van der Waals surface area contributed by atoms with Crippen LogP contribution in [0.25, 0.3) is 0 Å². The maximum Gasteiger partial charge on any atom is -0.0122 e. The Labute approximate surface area is 104 Å². The number of aryl methyl sites for hydroxylation is 1. The highest BCUT2D eigenvalue weighted by Crippen LogP contribution is 2.33. The fourth-order valence-electron chi connectivity index (χ4n) is 2.41. The molecule has 17 heavy (non-hydrogen) atoms. The molecule has 2 aromatic carbocycles. The quantitative estimate of drug-likeness (QED) is 0.695. The molecule has 0 fully saturated rings. The number of hydrogen-bond donors (Lipinski definition) is 0. The van der Waals surface area contributed by atoms with E-state index in [1.54, 1.807) is 0 Å². The first-order chi connectivity index (χ1) is 8.20. The largest absolute Gasteiger partial charge is 0.0622 e. The van der Waals surface area contributed by atoms with Crippen molar-refractivity contribution in [3.8, 4) is 0 Å². The van der Waals surface area contributed by atoms with Crippen molar-refractivity contribution in [1.29, 1.82) is 0 Å². The van der Waals surface area contributed by atoms with Crippen LogP contribution in [0.15, 0.2) is 54.6 Å². The molecule has 2 atom stereocenters. The van der Waals surface area contributed by atoms with Crippen LogP contribution in [0.5, 0.6) is 0 Å². The Hall–Kier alpha value is -1.56. The van der Waals surface area contributed by atoms with Gasteiger partial charge in [-0.2, -0.15) is 0 Å². The topological polar surface area (TPSA) is 0 Å².